The molecule has 1 aromatic heterocycles. The summed E-state index contributed by atoms with van der Waals surface area (Å²) in [7, 11) is 0. The standard InChI is InChI=1S/C30H36N6O4/c31-28-26(15-32-36(28)24-9-5-2-6-10-24)29(37)35-18-22-16-34(17-23(22)19-35)13-11-27(21-7-3-1-4-8-21)33-30(38)40-25-12-14-39-20-25/h1-10,15,22-23,25,27H,11-14,16-20,31H2,(H,33,38)/t22-,23?,25?,27?/m0/s1. The van der Waals surface area contributed by atoms with Gasteiger partial charge in [0.25, 0.3) is 5.91 Å². The van der Waals surface area contributed by atoms with Crippen molar-refractivity contribution in [1.82, 2.24) is 24.9 Å². The molecule has 0 aliphatic carbocycles. The maximum absolute atomic E-state index is 13.3. The Morgan fingerprint density at radius 1 is 1.02 bits per heavy atom. The average Bonchev–Trinajstić information content (AvgIpc) is 3.77. The first kappa shape index (κ1) is 26.3. The third kappa shape index (κ3) is 5.68. The van der Waals surface area contributed by atoms with Crippen molar-refractivity contribution in [3.05, 3.63) is 78.0 Å². The van der Waals surface area contributed by atoms with E-state index in [-0.39, 0.29) is 18.1 Å². The van der Waals surface area contributed by atoms with Gasteiger partial charge >= 0.3 is 6.09 Å². The summed E-state index contributed by atoms with van der Waals surface area (Å²) in [6.45, 7) is 5.23. The van der Waals surface area contributed by atoms with E-state index >= 15 is 0 Å². The van der Waals surface area contributed by atoms with Gasteiger partial charge in [0.05, 0.1) is 31.1 Å². The summed E-state index contributed by atoms with van der Waals surface area (Å²) in [6.07, 6.45) is 2.51. The van der Waals surface area contributed by atoms with Crippen molar-refractivity contribution in [2.45, 2.75) is 25.0 Å². The predicted molar refractivity (Wildman–Crippen MR) is 150 cm³/mol. The maximum atomic E-state index is 13.3. The summed E-state index contributed by atoms with van der Waals surface area (Å²) in [4.78, 5) is 30.3. The molecule has 10 nitrogen and oxygen atoms in total. The highest BCUT2D eigenvalue weighted by Gasteiger charge is 2.42. The molecular weight excluding hydrogens is 508 g/mol. The summed E-state index contributed by atoms with van der Waals surface area (Å²) in [5.74, 6) is 1.16. The van der Waals surface area contributed by atoms with Crippen LogP contribution in [0.25, 0.3) is 5.69 Å². The number of nitrogens with two attached hydrogens (primary N) is 1. The van der Waals surface area contributed by atoms with Crippen LogP contribution in [0, 0.1) is 11.8 Å². The highest BCUT2D eigenvalue weighted by atomic mass is 16.6. The van der Waals surface area contributed by atoms with E-state index in [1.54, 1.807) is 10.9 Å². The van der Waals surface area contributed by atoms with Crippen LogP contribution in [0.2, 0.25) is 0 Å². The minimum Gasteiger partial charge on any atom is -0.444 e. The molecule has 0 radical (unpaired) electrons. The van der Waals surface area contributed by atoms with E-state index in [1.165, 1.54) is 0 Å². The first-order valence-electron chi connectivity index (χ1n) is 14.1. The fraction of sp³-hybridized carbons (Fsp3) is 0.433. The van der Waals surface area contributed by atoms with Crippen LogP contribution in [0.4, 0.5) is 10.6 Å². The normalized spacial score (nSPS) is 23.2. The molecule has 0 saturated carbocycles. The van der Waals surface area contributed by atoms with Crippen LogP contribution in [-0.2, 0) is 9.47 Å². The molecule has 3 aliphatic rings. The van der Waals surface area contributed by atoms with Gasteiger partial charge in [0.15, 0.2) is 0 Å². The molecule has 3 aliphatic heterocycles. The lowest BCUT2D eigenvalue weighted by Crippen LogP contribution is -2.36. The number of amides is 2. The predicted octanol–water partition coefficient (Wildman–Crippen LogP) is 3.10. The van der Waals surface area contributed by atoms with Crippen LogP contribution >= 0.6 is 0 Å². The van der Waals surface area contributed by atoms with Gasteiger partial charge in [-0.25, -0.2) is 9.48 Å². The first-order valence-corrected chi connectivity index (χ1v) is 14.1. The number of carbonyl (C=O) groups excluding carboxylic acids is 2. The van der Waals surface area contributed by atoms with Crippen molar-refractivity contribution in [2.24, 2.45) is 11.8 Å². The van der Waals surface area contributed by atoms with Gasteiger partial charge < -0.3 is 30.3 Å². The molecule has 4 heterocycles. The summed E-state index contributed by atoms with van der Waals surface area (Å²) in [5.41, 5.74) is 8.68. The van der Waals surface area contributed by atoms with Gasteiger partial charge in [-0.2, -0.15) is 5.10 Å². The van der Waals surface area contributed by atoms with E-state index in [1.807, 2.05) is 65.6 Å². The molecule has 0 spiro atoms. The number of hydrogen-bond donors (Lipinski definition) is 2. The average molecular weight is 545 g/mol. The van der Waals surface area contributed by atoms with E-state index in [2.05, 4.69) is 15.3 Å². The van der Waals surface area contributed by atoms with Gasteiger partial charge in [-0.05, 0) is 36.0 Å². The SMILES string of the molecule is Nc1c(C(=O)N2CC3CN(CCC(NC(=O)OC4CCOC4)c4ccccc4)C[C@H]3C2)cnn1-c1ccccc1. The molecule has 2 amide bonds. The van der Waals surface area contributed by atoms with E-state index in [0.29, 0.717) is 49.5 Å². The number of nitrogens with one attached hydrogen (secondary N) is 1. The third-order valence-electron chi connectivity index (χ3n) is 8.28. The molecule has 3 unspecified atom stereocenters. The smallest absolute Gasteiger partial charge is 0.407 e. The van der Waals surface area contributed by atoms with Crippen molar-refractivity contribution < 1.29 is 19.1 Å². The second-order valence-electron chi connectivity index (χ2n) is 11.0. The summed E-state index contributed by atoms with van der Waals surface area (Å²) in [6, 6.07) is 19.5. The van der Waals surface area contributed by atoms with Crippen LogP contribution in [0.3, 0.4) is 0 Å². The molecule has 3 N–H and O–H groups in total. The van der Waals surface area contributed by atoms with Gasteiger partial charge in [-0.15, -0.1) is 0 Å². The molecule has 3 fully saturated rings. The molecule has 3 saturated heterocycles. The number of nitrogens with zero attached hydrogens (tertiary/aromatic N) is 4. The summed E-state index contributed by atoms with van der Waals surface area (Å²) < 4.78 is 12.5. The topological polar surface area (TPSA) is 115 Å². The maximum Gasteiger partial charge on any atom is 0.407 e. The quantitative estimate of drug-likeness (QED) is 0.448. The number of alkyl carbamates (subject to hydrolysis) is 1. The number of nitrogen functional groups attached to an aromatic ring is 1. The Bertz CT molecular complexity index is 1300. The lowest BCUT2D eigenvalue weighted by atomic mass is 10.0. The Balaban J connectivity index is 1.03. The van der Waals surface area contributed by atoms with Crippen LogP contribution < -0.4 is 11.1 Å². The monoisotopic (exact) mass is 544 g/mol. The second kappa shape index (κ2) is 11.7. The second-order valence-corrected chi connectivity index (χ2v) is 11.0. The van der Waals surface area contributed by atoms with Gasteiger partial charge in [-0.3, -0.25) is 4.79 Å². The molecule has 6 rings (SSSR count). The minimum atomic E-state index is -0.397. The number of aromatic nitrogens is 2. The number of anilines is 1. The molecule has 210 valence electrons. The lowest BCUT2D eigenvalue weighted by molar-refractivity contribution is 0.0774. The number of benzene rings is 2. The van der Waals surface area contributed by atoms with Crippen LogP contribution in [0.5, 0.6) is 0 Å². The zero-order valence-electron chi connectivity index (χ0n) is 22.5. The fourth-order valence-corrected chi connectivity index (χ4v) is 6.16. The lowest BCUT2D eigenvalue weighted by Gasteiger charge is -2.25. The van der Waals surface area contributed by atoms with E-state index in [0.717, 1.165) is 43.7 Å². The van der Waals surface area contributed by atoms with E-state index in [9.17, 15) is 9.59 Å². The van der Waals surface area contributed by atoms with Gasteiger partial charge in [0, 0.05) is 39.1 Å². The molecule has 2 aromatic carbocycles. The summed E-state index contributed by atoms with van der Waals surface area (Å²) in [5, 5.41) is 7.45. The molecular formula is C30H36N6O4. The first-order chi connectivity index (χ1) is 19.5. The zero-order chi connectivity index (χ0) is 27.5. The molecule has 3 aromatic rings. The highest BCUT2D eigenvalue weighted by molar-refractivity contribution is 5.98. The van der Waals surface area contributed by atoms with Crippen molar-refractivity contribution in [1.29, 1.82) is 0 Å². The Kier molecular flexibility index (Phi) is 7.70. The number of fused-ring (bicyclic) bond motifs is 1. The Morgan fingerprint density at radius 3 is 2.40 bits per heavy atom. The van der Waals surface area contributed by atoms with E-state index < -0.39 is 6.09 Å². The van der Waals surface area contributed by atoms with Crippen LogP contribution in [-0.4, -0.2) is 83.6 Å². The highest BCUT2D eigenvalue weighted by Crippen LogP contribution is 2.33. The number of carbonyl (C=O) groups is 2. The molecule has 4 atom stereocenters. The number of likely N-dealkylation sites (tertiary alicyclic amines) is 2. The fourth-order valence-electron chi connectivity index (χ4n) is 6.16. The minimum absolute atomic E-state index is 0.0554. The van der Waals surface area contributed by atoms with Crippen molar-refractivity contribution >= 4 is 17.8 Å². The van der Waals surface area contributed by atoms with Crippen molar-refractivity contribution in [3.8, 4) is 5.69 Å². The molecule has 10 heteroatoms. The number of para-hydroxylation sites is 1. The Labute approximate surface area is 234 Å². The molecule has 40 heavy (non-hydrogen) atoms. The van der Waals surface area contributed by atoms with Crippen molar-refractivity contribution in [2.75, 3.05) is 51.7 Å². The third-order valence-corrected chi connectivity index (χ3v) is 8.28. The van der Waals surface area contributed by atoms with Crippen LogP contribution in [0.15, 0.2) is 66.9 Å². The van der Waals surface area contributed by atoms with E-state index in [4.69, 9.17) is 15.2 Å². The van der Waals surface area contributed by atoms with Gasteiger partial charge in [0.1, 0.15) is 17.5 Å². The van der Waals surface area contributed by atoms with Crippen LogP contribution in [0.1, 0.15) is 34.8 Å². The van der Waals surface area contributed by atoms with Gasteiger partial charge in [-0.1, -0.05) is 48.5 Å². The Morgan fingerprint density at radius 2 is 1.73 bits per heavy atom. The summed E-state index contributed by atoms with van der Waals surface area (Å²) >= 11 is 0. The van der Waals surface area contributed by atoms with Gasteiger partial charge in [0.2, 0.25) is 0 Å². The zero-order valence-corrected chi connectivity index (χ0v) is 22.5. The number of rotatable bonds is 8. The molecule has 0 bridgehead atoms. The number of hydrogen-bond acceptors (Lipinski definition) is 7. The number of ether oxygens (including phenoxy) is 2. The Hall–Kier alpha value is -3.89. The largest absolute Gasteiger partial charge is 0.444 e. The van der Waals surface area contributed by atoms with Crippen molar-refractivity contribution in [3.63, 3.8) is 0 Å².